The van der Waals surface area contributed by atoms with Crippen LogP contribution < -0.4 is 0 Å². The van der Waals surface area contributed by atoms with Gasteiger partial charge in [0.25, 0.3) is 0 Å². The number of nitrogens with one attached hydrogen (secondary N) is 1. The number of aromatic nitrogens is 2. The first-order valence-electron chi connectivity index (χ1n) is 5.73. The summed E-state index contributed by atoms with van der Waals surface area (Å²) in [5.74, 6) is -1.70. The Morgan fingerprint density at radius 1 is 1.39 bits per heavy atom. The summed E-state index contributed by atoms with van der Waals surface area (Å²) in [6, 6.07) is 2.69. The zero-order valence-electron chi connectivity index (χ0n) is 9.74. The molecule has 18 heavy (non-hydrogen) atoms. The van der Waals surface area contributed by atoms with Crippen LogP contribution in [-0.2, 0) is 4.74 Å². The summed E-state index contributed by atoms with van der Waals surface area (Å²) in [5.41, 5.74) is 0.749. The lowest BCUT2D eigenvalue weighted by Gasteiger charge is -2.35. The van der Waals surface area contributed by atoms with Crippen molar-refractivity contribution in [2.24, 2.45) is 0 Å². The Morgan fingerprint density at radius 3 is 2.78 bits per heavy atom. The molecule has 96 valence electrons. The van der Waals surface area contributed by atoms with Crippen molar-refractivity contribution >= 4 is 23.3 Å². The van der Waals surface area contributed by atoms with Gasteiger partial charge in [0.15, 0.2) is 16.4 Å². The van der Waals surface area contributed by atoms with Crippen molar-refractivity contribution < 1.29 is 13.5 Å². The van der Waals surface area contributed by atoms with Crippen LogP contribution in [0.15, 0.2) is 12.1 Å². The summed E-state index contributed by atoms with van der Waals surface area (Å²) in [6.45, 7) is 0. The molecule has 0 amide bonds. The molecule has 6 heteroatoms. The Hall–Kier alpha value is -1.27. The van der Waals surface area contributed by atoms with Crippen molar-refractivity contribution in [3.63, 3.8) is 0 Å². The highest BCUT2D eigenvalue weighted by atomic mass is 32.1. The zero-order valence-corrected chi connectivity index (χ0v) is 10.6. The van der Waals surface area contributed by atoms with E-state index >= 15 is 0 Å². The van der Waals surface area contributed by atoms with Crippen LogP contribution in [0.5, 0.6) is 0 Å². The van der Waals surface area contributed by atoms with Crippen molar-refractivity contribution in [1.82, 2.24) is 9.55 Å². The van der Waals surface area contributed by atoms with Gasteiger partial charge < -0.3 is 14.3 Å². The maximum atomic E-state index is 13.9. The van der Waals surface area contributed by atoms with Crippen LogP contribution in [0.3, 0.4) is 0 Å². The number of H-pyrrole nitrogens is 1. The summed E-state index contributed by atoms with van der Waals surface area (Å²) in [4.78, 5) is 2.91. The van der Waals surface area contributed by atoms with Crippen molar-refractivity contribution in [3.05, 3.63) is 28.5 Å². The van der Waals surface area contributed by atoms with Crippen LogP contribution >= 0.6 is 12.2 Å². The van der Waals surface area contributed by atoms with E-state index in [0.29, 0.717) is 10.3 Å². The molecule has 1 aliphatic carbocycles. The first-order valence-corrected chi connectivity index (χ1v) is 6.13. The number of imidazole rings is 1. The van der Waals surface area contributed by atoms with Gasteiger partial charge in [-0.25, -0.2) is 8.78 Å². The summed E-state index contributed by atoms with van der Waals surface area (Å²) >= 11 is 5.18. The number of aromatic amines is 1. The van der Waals surface area contributed by atoms with Crippen LogP contribution in [-0.4, -0.2) is 22.8 Å². The van der Waals surface area contributed by atoms with E-state index in [2.05, 4.69) is 4.98 Å². The standard InChI is InChI=1S/C12H12F2N2OS/c1-17-7-4-6(5-7)16-11-9(15-12(16)18)3-2-8(13)10(11)14/h2-3,6-7H,4-5H2,1H3,(H,15,18). The van der Waals surface area contributed by atoms with Gasteiger partial charge in [0, 0.05) is 13.2 Å². The summed E-state index contributed by atoms with van der Waals surface area (Å²) < 4.78 is 34.5. The van der Waals surface area contributed by atoms with E-state index in [4.69, 9.17) is 17.0 Å². The zero-order chi connectivity index (χ0) is 12.9. The average molecular weight is 270 g/mol. The Balaban J connectivity index is 2.14. The number of hydrogen-bond acceptors (Lipinski definition) is 2. The number of fused-ring (bicyclic) bond motifs is 1. The number of hydrogen-bond donors (Lipinski definition) is 1. The predicted octanol–water partition coefficient (Wildman–Crippen LogP) is 3.33. The van der Waals surface area contributed by atoms with Crippen LogP contribution in [0, 0.1) is 16.4 Å². The van der Waals surface area contributed by atoms with Gasteiger partial charge in [0.2, 0.25) is 0 Å². The van der Waals surface area contributed by atoms with Gasteiger partial charge in [0.1, 0.15) is 5.52 Å². The topological polar surface area (TPSA) is 29.9 Å². The minimum absolute atomic E-state index is 0.0764. The number of benzene rings is 1. The molecule has 3 rings (SSSR count). The van der Waals surface area contributed by atoms with Gasteiger partial charge in [-0.1, -0.05) is 0 Å². The highest BCUT2D eigenvalue weighted by molar-refractivity contribution is 7.71. The second-order valence-electron chi connectivity index (χ2n) is 4.54. The van der Waals surface area contributed by atoms with Crippen LogP contribution in [0.1, 0.15) is 18.9 Å². The third-order valence-corrected chi connectivity index (χ3v) is 3.84. The van der Waals surface area contributed by atoms with Gasteiger partial charge in [-0.05, 0) is 37.2 Å². The van der Waals surface area contributed by atoms with E-state index < -0.39 is 11.6 Å². The van der Waals surface area contributed by atoms with Crippen LogP contribution in [0.4, 0.5) is 8.78 Å². The molecule has 1 aromatic heterocycles. The van der Waals surface area contributed by atoms with Gasteiger partial charge in [-0.15, -0.1) is 0 Å². The van der Waals surface area contributed by atoms with E-state index in [9.17, 15) is 8.78 Å². The molecule has 0 saturated heterocycles. The van der Waals surface area contributed by atoms with Gasteiger partial charge in [-0.3, -0.25) is 0 Å². The molecule has 1 saturated carbocycles. The quantitative estimate of drug-likeness (QED) is 0.848. The summed E-state index contributed by atoms with van der Waals surface area (Å²) in [5, 5.41) is 0. The van der Waals surface area contributed by atoms with Gasteiger partial charge in [0.05, 0.1) is 11.6 Å². The third-order valence-electron chi connectivity index (χ3n) is 3.54. The molecule has 1 aliphatic rings. The first kappa shape index (κ1) is 11.8. The van der Waals surface area contributed by atoms with Crippen LogP contribution in [0.2, 0.25) is 0 Å². The van der Waals surface area contributed by atoms with Gasteiger partial charge >= 0.3 is 0 Å². The maximum absolute atomic E-state index is 13.9. The number of rotatable bonds is 2. The smallest absolute Gasteiger partial charge is 0.184 e. The normalized spacial score (nSPS) is 23.3. The largest absolute Gasteiger partial charge is 0.381 e. The molecule has 0 radical (unpaired) electrons. The molecule has 0 spiro atoms. The average Bonchev–Trinajstić information content (AvgIpc) is 2.61. The summed E-state index contributed by atoms with van der Waals surface area (Å²) in [6.07, 6.45) is 1.72. The monoisotopic (exact) mass is 270 g/mol. The summed E-state index contributed by atoms with van der Waals surface area (Å²) in [7, 11) is 1.65. The lowest BCUT2D eigenvalue weighted by molar-refractivity contribution is 0.00683. The lowest BCUT2D eigenvalue weighted by Crippen LogP contribution is -2.32. The molecule has 0 unspecified atom stereocenters. The van der Waals surface area contributed by atoms with Crippen molar-refractivity contribution in [2.45, 2.75) is 25.0 Å². The molecule has 0 bridgehead atoms. The first-order chi connectivity index (χ1) is 8.61. The Morgan fingerprint density at radius 2 is 2.11 bits per heavy atom. The minimum atomic E-state index is -0.854. The molecule has 1 heterocycles. The maximum Gasteiger partial charge on any atom is 0.184 e. The number of ether oxygens (including phenoxy) is 1. The number of methoxy groups -OCH3 is 1. The lowest BCUT2D eigenvalue weighted by atomic mass is 9.89. The Kier molecular flexibility index (Phi) is 2.71. The second kappa shape index (κ2) is 4.13. The van der Waals surface area contributed by atoms with E-state index in [1.165, 1.54) is 6.07 Å². The highest BCUT2D eigenvalue weighted by Gasteiger charge is 2.32. The predicted molar refractivity (Wildman–Crippen MR) is 66.1 cm³/mol. The van der Waals surface area contributed by atoms with E-state index in [1.54, 1.807) is 11.7 Å². The van der Waals surface area contributed by atoms with E-state index in [-0.39, 0.29) is 17.7 Å². The molecule has 1 N–H and O–H groups in total. The van der Waals surface area contributed by atoms with Crippen molar-refractivity contribution in [3.8, 4) is 0 Å². The van der Waals surface area contributed by atoms with E-state index in [0.717, 1.165) is 18.9 Å². The Bertz CT molecular complexity index is 658. The Labute approximate surface area is 107 Å². The minimum Gasteiger partial charge on any atom is -0.381 e. The van der Waals surface area contributed by atoms with Crippen molar-refractivity contribution in [2.75, 3.05) is 7.11 Å². The van der Waals surface area contributed by atoms with Gasteiger partial charge in [-0.2, -0.15) is 0 Å². The van der Waals surface area contributed by atoms with Crippen molar-refractivity contribution in [1.29, 1.82) is 0 Å². The van der Waals surface area contributed by atoms with E-state index in [1.807, 2.05) is 0 Å². The molecule has 0 aliphatic heterocycles. The molecule has 2 aromatic rings. The molecule has 1 aromatic carbocycles. The highest BCUT2D eigenvalue weighted by Crippen LogP contribution is 2.37. The molecule has 0 atom stereocenters. The second-order valence-corrected chi connectivity index (χ2v) is 4.93. The third kappa shape index (κ3) is 1.59. The fourth-order valence-corrected chi connectivity index (χ4v) is 2.79. The number of halogens is 2. The van der Waals surface area contributed by atoms with Crippen LogP contribution in [0.25, 0.3) is 11.0 Å². The molecule has 3 nitrogen and oxygen atoms in total. The fourth-order valence-electron chi connectivity index (χ4n) is 2.44. The fraction of sp³-hybridized carbons (Fsp3) is 0.417. The number of nitrogens with zero attached hydrogens (tertiary/aromatic N) is 1. The molecular weight excluding hydrogens is 258 g/mol. The molecular formula is C12H12F2N2OS. The SMILES string of the molecule is COC1CC(n2c(=S)[nH]c3ccc(F)c(F)c32)C1. The molecule has 1 fully saturated rings.